The highest BCUT2D eigenvalue weighted by atomic mass is 16.5. The molecule has 2 N–H and O–H groups in total. The van der Waals surface area contributed by atoms with E-state index in [1.807, 2.05) is 0 Å². The highest BCUT2D eigenvalue weighted by molar-refractivity contribution is 4.61. The molecular weight excluding hydrogens is 296 g/mol. The van der Waals surface area contributed by atoms with E-state index in [2.05, 4.69) is 20.8 Å². The summed E-state index contributed by atoms with van der Waals surface area (Å²) in [5.41, 5.74) is 6.11. The molecule has 0 heterocycles. The lowest BCUT2D eigenvalue weighted by molar-refractivity contribution is -0.881. The highest BCUT2D eigenvalue weighted by Crippen LogP contribution is 2.15. The topological polar surface area (TPSA) is 49.1 Å². The molecule has 146 valence electrons. The molecule has 0 saturated carbocycles. The van der Waals surface area contributed by atoms with Gasteiger partial charge in [-0.1, -0.05) is 85.0 Å². The van der Waals surface area contributed by atoms with Crippen LogP contribution in [-0.4, -0.2) is 30.3 Å². The van der Waals surface area contributed by atoms with Crippen molar-refractivity contribution in [2.24, 2.45) is 5.73 Å². The van der Waals surface area contributed by atoms with Crippen LogP contribution >= 0.6 is 0 Å². The van der Waals surface area contributed by atoms with Gasteiger partial charge in [0.05, 0.1) is 25.7 Å². The van der Waals surface area contributed by atoms with Gasteiger partial charge in [-0.3, -0.25) is 0 Å². The molecule has 0 aliphatic heterocycles. The first-order valence-corrected chi connectivity index (χ1v) is 10.9. The van der Waals surface area contributed by atoms with E-state index in [0.717, 1.165) is 38.8 Å². The lowest BCUT2D eigenvalue weighted by atomic mass is 10.1. The minimum atomic E-state index is -0.0604. The van der Waals surface area contributed by atoms with Crippen molar-refractivity contribution in [3.8, 4) is 0 Å². The first-order chi connectivity index (χ1) is 11.6. The Balaban J connectivity index is 3.66. The maximum absolute atomic E-state index is 12.9. The van der Waals surface area contributed by atoms with Crippen molar-refractivity contribution < 1.29 is 4.65 Å². The Kier molecular flexibility index (Phi) is 16.3. The van der Waals surface area contributed by atoms with Gasteiger partial charge in [0.1, 0.15) is 0 Å². The molecule has 0 fully saturated rings. The predicted molar refractivity (Wildman–Crippen MR) is 108 cm³/mol. The molecule has 0 bridgehead atoms. The van der Waals surface area contributed by atoms with Crippen LogP contribution in [0, 0.1) is 5.21 Å². The first-order valence-electron chi connectivity index (χ1n) is 10.9. The largest absolute Gasteiger partial charge is 0.633 e. The van der Waals surface area contributed by atoms with E-state index in [9.17, 15) is 5.21 Å². The number of nitrogens with zero attached hydrogens (tertiary/aromatic N) is 1. The molecule has 2 atom stereocenters. The van der Waals surface area contributed by atoms with E-state index in [4.69, 9.17) is 5.73 Å². The van der Waals surface area contributed by atoms with Crippen LogP contribution in [0.4, 0.5) is 0 Å². The van der Waals surface area contributed by atoms with Crippen LogP contribution in [0.2, 0.25) is 0 Å². The Morgan fingerprint density at radius 1 is 0.667 bits per heavy atom. The molecule has 0 aromatic rings. The van der Waals surface area contributed by atoms with Crippen LogP contribution < -0.4 is 5.73 Å². The SMILES string of the molecule is CCCCCCCCCCCCC[N+]([O-])(CCC)CC(N)CCC. The van der Waals surface area contributed by atoms with Gasteiger partial charge in [0.2, 0.25) is 0 Å². The summed E-state index contributed by atoms with van der Waals surface area (Å²) in [5, 5.41) is 12.9. The van der Waals surface area contributed by atoms with Gasteiger partial charge >= 0.3 is 0 Å². The molecule has 3 heteroatoms. The van der Waals surface area contributed by atoms with Crippen LogP contribution in [0.5, 0.6) is 0 Å². The van der Waals surface area contributed by atoms with Gasteiger partial charge in [0, 0.05) is 0 Å². The molecule has 3 nitrogen and oxygen atoms in total. The molecule has 24 heavy (non-hydrogen) atoms. The summed E-state index contributed by atoms with van der Waals surface area (Å²) in [6.07, 6.45) is 17.7. The smallest absolute Gasteiger partial charge is 0.0937 e. The molecule has 0 spiro atoms. The van der Waals surface area contributed by atoms with Gasteiger partial charge < -0.3 is 15.6 Å². The van der Waals surface area contributed by atoms with Crippen molar-refractivity contribution in [2.75, 3.05) is 19.6 Å². The summed E-state index contributed by atoms with van der Waals surface area (Å²) < 4.78 is -0.0604. The molecule has 0 radical (unpaired) electrons. The number of rotatable bonds is 18. The maximum atomic E-state index is 12.9. The minimum Gasteiger partial charge on any atom is -0.633 e. The van der Waals surface area contributed by atoms with Crippen molar-refractivity contribution in [2.45, 2.75) is 117 Å². The van der Waals surface area contributed by atoms with Crippen LogP contribution in [0.25, 0.3) is 0 Å². The number of hydrogen-bond acceptors (Lipinski definition) is 2. The van der Waals surface area contributed by atoms with Crippen molar-refractivity contribution in [1.29, 1.82) is 0 Å². The Labute approximate surface area is 152 Å². The summed E-state index contributed by atoms with van der Waals surface area (Å²) in [5.74, 6) is 0. The van der Waals surface area contributed by atoms with Crippen LogP contribution in [-0.2, 0) is 0 Å². The average molecular weight is 343 g/mol. The van der Waals surface area contributed by atoms with Gasteiger partial charge in [0.25, 0.3) is 0 Å². The molecule has 0 aliphatic carbocycles. The molecule has 0 aromatic carbocycles. The lowest BCUT2D eigenvalue weighted by Crippen LogP contribution is -2.50. The van der Waals surface area contributed by atoms with E-state index in [-0.39, 0.29) is 10.7 Å². The third kappa shape index (κ3) is 14.2. The molecule has 0 aliphatic rings. The van der Waals surface area contributed by atoms with Crippen LogP contribution in [0.3, 0.4) is 0 Å². The number of quaternary nitrogens is 1. The zero-order valence-corrected chi connectivity index (χ0v) is 17.0. The standard InChI is InChI=1S/C21H46N2O/c1-4-7-8-9-10-11-12-13-14-15-16-19-23(24,18-6-3)20-21(22)17-5-2/h21H,4-20,22H2,1-3H3. The second-order valence-electron chi connectivity index (χ2n) is 7.77. The van der Waals surface area contributed by atoms with E-state index in [1.165, 1.54) is 64.2 Å². The monoisotopic (exact) mass is 342 g/mol. The van der Waals surface area contributed by atoms with Gasteiger partial charge in [-0.15, -0.1) is 0 Å². The number of hydrogen-bond donors (Lipinski definition) is 1. The van der Waals surface area contributed by atoms with Gasteiger partial charge in [-0.05, 0) is 25.7 Å². The Morgan fingerprint density at radius 3 is 1.62 bits per heavy atom. The number of unbranched alkanes of at least 4 members (excludes halogenated alkanes) is 10. The molecule has 0 rings (SSSR count). The van der Waals surface area contributed by atoms with Crippen LogP contribution in [0.15, 0.2) is 0 Å². The summed E-state index contributed by atoms with van der Waals surface area (Å²) in [6, 6.07) is 0.0757. The summed E-state index contributed by atoms with van der Waals surface area (Å²) in [4.78, 5) is 0. The summed E-state index contributed by atoms with van der Waals surface area (Å²) >= 11 is 0. The fourth-order valence-corrected chi connectivity index (χ4v) is 3.66. The molecule has 0 aromatic heterocycles. The highest BCUT2D eigenvalue weighted by Gasteiger charge is 2.19. The zero-order valence-electron chi connectivity index (χ0n) is 17.0. The number of nitrogens with two attached hydrogens (primary N) is 1. The van der Waals surface area contributed by atoms with Crippen molar-refractivity contribution in [1.82, 2.24) is 0 Å². The van der Waals surface area contributed by atoms with Gasteiger partial charge in [0.15, 0.2) is 0 Å². The summed E-state index contributed by atoms with van der Waals surface area (Å²) in [7, 11) is 0. The fraction of sp³-hybridized carbons (Fsp3) is 1.00. The lowest BCUT2D eigenvalue weighted by Gasteiger charge is -2.44. The molecule has 0 saturated heterocycles. The molecular formula is C21H46N2O. The zero-order chi connectivity index (χ0) is 18.1. The van der Waals surface area contributed by atoms with E-state index >= 15 is 0 Å². The van der Waals surface area contributed by atoms with E-state index < -0.39 is 0 Å². The van der Waals surface area contributed by atoms with E-state index in [1.54, 1.807) is 0 Å². The Hall–Kier alpha value is -0.120. The third-order valence-corrected chi connectivity index (χ3v) is 5.03. The Morgan fingerprint density at radius 2 is 1.17 bits per heavy atom. The Bertz CT molecular complexity index is 260. The van der Waals surface area contributed by atoms with Crippen molar-refractivity contribution in [3.05, 3.63) is 5.21 Å². The third-order valence-electron chi connectivity index (χ3n) is 5.03. The second-order valence-corrected chi connectivity index (χ2v) is 7.77. The fourth-order valence-electron chi connectivity index (χ4n) is 3.66. The molecule has 0 amide bonds. The molecule has 2 unspecified atom stereocenters. The van der Waals surface area contributed by atoms with Gasteiger partial charge in [-0.2, -0.15) is 0 Å². The van der Waals surface area contributed by atoms with Crippen LogP contribution in [0.1, 0.15) is 111 Å². The van der Waals surface area contributed by atoms with Gasteiger partial charge in [-0.25, -0.2) is 0 Å². The first kappa shape index (κ1) is 23.9. The minimum absolute atomic E-state index is 0.0604. The second kappa shape index (κ2) is 16.4. The average Bonchev–Trinajstić information content (AvgIpc) is 2.53. The summed E-state index contributed by atoms with van der Waals surface area (Å²) in [6.45, 7) is 8.63. The quantitative estimate of drug-likeness (QED) is 0.184. The number of hydroxylamine groups is 3. The van der Waals surface area contributed by atoms with Crippen molar-refractivity contribution in [3.63, 3.8) is 0 Å². The normalized spacial score (nSPS) is 15.4. The van der Waals surface area contributed by atoms with E-state index in [0.29, 0.717) is 6.54 Å². The van der Waals surface area contributed by atoms with Crippen molar-refractivity contribution >= 4 is 0 Å². The maximum Gasteiger partial charge on any atom is 0.0937 e. The predicted octanol–water partition coefficient (Wildman–Crippen LogP) is 6.15.